The van der Waals surface area contributed by atoms with Crippen LogP contribution in [0.5, 0.6) is 0 Å². The molecular formula is C13H9ClF3NO2. The Morgan fingerprint density at radius 2 is 1.80 bits per heavy atom. The molecule has 1 aromatic heterocycles. The van der Waals surface area contributed by atoms with Gasteiger partial charge in [0.15, 0.2) is 0 Å². The van der Waals surface area contributed by atoms with E-state index in [2.05, 4.69) is 4.74 Å². The van der Waals surface area contributed by atoms with E-state index in [1.54, 1.807) is 0 Å². The Hall–Kier alpha value is -1.95. The van der Waals surface area contributed by atoms with Crippen molar-refractivity contribution in [2.75, 3.05) is 7.11 Å². The number of carbonyl (C=O) groups excluding carboxylic acids is 1. The van der Waals surface area contributed by atoms with Gasteiger partial charge in [-0.25, -0.2) is 4.79 Å². The summed E-state index contributed by atoms with van der Waals surface area (Å²) in [5.74, 6) is -1.06. The van der Waals surface area contributed by atoms with Gasteiger partial charge in [0.1, 0.15) is 5.69 Å². The number of alkyl halides is 3. The lowest BCUT2D eigenvalue weighted by Gasteiger charge is -2.11. The zero-order valence-electron chi connectivity index (χ0n) is 10.2. The molecule has 0 saturated heterocycles. The number of ether oxygens (including phenoxy) is 1. The molecular weight excluding hydrogens is 295 g/mol. The van der Waals surface area contributed by atoms with Gasteiger partial charge in [-0.1, -0.05) is 11.6 Å². The average molecular weight is 304 g/mol. The highest BCUT2D eigenvalue weighted by molar-refractivity contribution is 6.30. The van der Waals surface area contributed by atoms with Crippen molar-refractivity contribution in [1.82, 2.24) is 4.57 Å². The molecule has 0 saturated carbocycles. The lowest BCUT2D eigenvalue weighted by molar-refractivity contribution is -0.138. The number of esters is 1. The maximum Gasteiger partial charge on any atom is 0.418 e. The van der Waals surface area contributed by atoms with E-state index in [0.717, 1.165) is 23.9 Å². The Morgan fingerprint density at radius 1 is 1.20 bits per heavy atom. The predicted octanol–water partition coefficient (Wildman–Crippen LogP) is 3.94. The first-order chi connectivity index (χ1) is 9.34. The first kappa shape index (κ1) is 14.5. The molecule has 0 atom stereocenters. The van der Waals surface area contributed by atoms with Crippen molar-refractivity contribution in [3.63, 3.8) is 0 Å². The molecule has 0 aliphatic rings. The van der Waals surface area contributed by atoms with Gasteiger partial charge in [-0.15, -0.1) is 0 Å². The molecule has 0 N–H and O–H groups in total. The van der Waals surface area contributed by atoms with Crippen LogP contribution >= 0.6 is 11.6 Å². The van der Waals surface area contributed by atoms with E-state index in [0.29, 0.717) is 10.7 Å². The fourth-order valence-electron chi connectivity index (χ4n) is 1.78. The smallest absolute Gasteiger partial charge is 0.418 e. The number of nitrogens with zero attached hydrogens (tertiary/aromatic N) is 1. The first-order valence-corrected chi connectivity index (χ1v) is 5.85. The van der Waals surface area contributed by atoms with Gasteiger partial charge >= 0.3 is 12.1 Å². The normalized spacial score (nSPS) is 11.4. The number of hydrogen-bond acceptors (Lipinski definition) is 2. The van der Waals surface area contributed by atoms with Gasteiger partial charge in [0, 0.05) is 16.9 Å². The van der Waals surface area contributed by atoms with Crippen molar-refractivity contribution in [3.05, 3.63) is 52.8 Å². The summed E-state index contributed by atoms with van der Waals surface area (Å²) in [4.78, 5) is 11.6. The third-order valence-corrected chi connectivity index (χ3v) is 2.93. The van der Waals surface area contributed by atoms with E-state index in [9.17, 15) is 18.0 Å². The van der Waals surface area contributed by atoms with Crippen molar-refractivity contribution in [2.45, 2.75) is 6.18 Å². The van der Waals surface area contributed by atoms with Crippen molar-refractivity contribution in [1.29, 1.82) is 0 Å². The number of rotatable bonds is 2. The van der Waals surface area contributed by atoms with Crippen LogP contribution in [0.1, 0.15) is 16.1 Å². The van der Waals surface area contributed by atoms with Crippen LogP contribution in [-0.2, 0) is 10.9 Å². The zero-order chi connectivity index (χ0) is 14.9. The Balaban J connectivity index is 2.62. The molecule has 3 nitrogen and oxygen atoms in total. The average Bonchev–Trinajstić information content (AvgIpc) is 2.83. The Labute approximate surface area is 117 Å². The summed E-state index contributed by atoms with van der Waals surface area (Å²) in [6.07, 6.45) is -3.47. The Morgan fingerprint density at radius 3 is 2.30 bits per heavy atom. The van der Waals surface area contributed by atoms with Gasteiger partial charge < -0.3 is 9.30 Å². The molecule has 0 radical (unpaired) electrons. The second kappa shape index (κ2) is 5.20. The number of methoxy groups -OCH3 is 1. The summed E-state index contributed by atoms with van der Waals surface area (Å²) in [6.45, 7) is 0. The van der Waals surface area contributed by atoms with Gasteiger partial charge in [-0.3, -0.25) is 0 Å². The second-order valence-corrected chi connectivity index (χ2v) is 4.35. The maximum atomic E-state index is 12.9. The number of benzene rings is 1. The number of halogens is 4. The van der Waals surface area contributed by atoms with Gasteiger partial charge in [0.2, 0.25) is 0 Å². The number of aromatic nitrogens is 1. The number of carbonyl (C=O) groups is 1. The van der Waals surface area contributed by atoms with E-state index >= 15 is 0 Å². The van der Waals surface area contributed by atoms with Crippen LogP contribution in [0, 0.1) is 0 Å². The maximum absolute atomic E-state index is 12.9. The molecule has 1 aromatic carbocycles. The fraction of sp³-hybridized carbons (Fsp3) is 0.154. The van der Waals surface area contributed by atoms with Crippen LogP contribution in [0.3, 0.4) is 0 Å². The van der Waals surface area contributed by atoms with Gasteiger partial charge in [-0.2, -0.15) is 13.2 Å². The molecule has 0 amide bonds. The van der Waals surface area contributed by atoms with Gasteiger partial charge in [0.25, 0.3) is 0 Å². The topological polar surface area (TPSA) is 31.2 Å². The SMILES string of the molecule is COC(=O)c1c(C(F)(F)F)ccn1-c1ccc(Cl)cc1. The molecule has 1 heterocycles. The van der Waals surface area contributed by atoms with E-state index in [4.69, 9.17) is 11.6 Å². The third-order valence-electron chi connectivity index (χ3n) is 2.68. The number of hydrogen-bond donors (Lipinski definition) is 0. The summed E-state index contributed by atoms with van der Waals surface area (Å²) >= 11 is 5.73. The molecule has 0 unspecified atom stereocenters. The highest BCUT2D eigenvalue weighted by atomic mass is 35.5. The van der Waals surface area contributed by atoms with Gasteiger partial charge in [0.05, 0.1) is 12.7 Å². The summed E-state index contributed by atoms with van der Waals surface area (Å²) in [7, 11) is 1.03. The van der Waals surface area contributed by atoms with E-state index in [1.807, 2.05) is 0 Å². The lowest BCUT2D eigenvalue weighted by atomic mass is 10.2. The van der Waals surface area contributed by atoms with Crippen molar-refractivity contribution < 1.29 is 22.7 Å². The monoisotopic (exact) mass is 303 g/mol. The summed E-state index contributed by atoms with van der Waals surface area (Å²) < 4.78 is 44.2. The van der Waals surface area contributed by atoms with Crippen molar-refractivity contribution >= 4 is 17.6 Å². The molecule has 0 fully saturated rings. The quantitative estimate of drug-likeness (QED) is 0.787. The standard InChI is InChI=1S/C13H9ClF3NO2/c1-20-12(19)11-10(13(15,16)17)6-7-18(11)9-4-2-8(14)3-5-9/h2-7H,1H3. The molecule has 0 spiro atoms. The van der Waals surface area contributed by atoms with Crippen LogP contribution in [0.15, 0.2) is 36.5 Å². The van der Waals surface area contributed by atoms with Crippen LogP contribution in [0.2, 0.25) is 5.02 Å². The molecule has 2 aromatic rings. The first-order valence-electron chi connectivity index (χ1n) is 5.47. The van der Waals surface area contributed by atoms with Crippen LogP contribution in [0.4, 0.5) is 13.2 Å². The van der Waals surface area contributed by atoms with Crippen molar-refractivity contribution in [2.24, 2.45) is 0 Å². The largest absolute Gasteiger partial charge is 0.464 e. The Bertz CT molecular complexity index is 632. The van der Waals surface area contributed by atoms with Crippen LogP contribution < -0.4 is 0 Å². The molecule has 0 bridgehead atoms. The van der Waals surface area contributed by atoms with Gasteiger partial charge in [-0.05, 0) is 30.3 Å². The molecule has 106 valence electrons. The minimum atomic E-state index is -4.64. The van der Waals surface area contributed by atoms with E-state index in [1.165, 1.54) is 24.3 Å². The second-order valence-electron chi connectivity index (χ2n) is 3.91. The highest BCUT2D eigenvalue weighted by Gasteiger charge is 2.38. The summed E-state index contributed by atoms with van der Waals surface area (Å²) in [5, 5.41) is 0.441. The van der Waals surface area contributed by atoms with Crippen LogP contribution in [0.25, 0.3) is 5.69 Å². The molecule has 20 heavy (non-hydrogen) atoms. The molecule has 0 aliphatic carbocycles. The minimum Gasteiger partial charge on any atom is -0.464 e. The van der Waals surface area contributed by atoms with Crippen molar-refractivity contribution in [3.8, 4) is 5.69 Å². The fourth-order valence-corrected chi connectivity index (χ4v) is 1.91. The van der Waals surface area contributed by atoms with E-state index < -0.39 is 23.4 Å². The molecule has 7 heteroatoms. The predicted molar refractivity (Wildman–Crippen MR) is 67.1 cm³/mol. The third kappa shape index (κ3) is 2.65. The minimum absolute atomic E-state index is 0.380. The zero-order valence-corrected chi connectivity index (χ0v) is 11.0. The summed E-state index contributed by atoms with van der Waals surface area (Å²) in [6, 6.07) is 6.89. The molecule has 2 rings (SSSR count). The summed E-state index contributed by atoms with van der Waals surface area (Å²) in [5.41, 5.74) is -1.23. The highest BCUT2D eigenvalue weighted by Crippen LogP contribution is 2.34. The molecule has 0 aliphatic heterocycles. The Kier molecular flexibility index (Phi) is 3.76. The lowest BCUT2D eigenvalue weighted by Crippen LogP contribution is -2.16. The van der Waals surface area contributed by atoms with Crippen LogP contribution in [-0.4, -0.2) is 17.6 Å². The van der Waals surface area contributed by atoms with E-state index in [-0.39, 0.29) is 0 Å².